The molecule has 0 saturated carbocycles. The summed E-state index contributed by atoms with van der Waals surface area (Å²) < 4.78 is 4.72. The van der Waals surface area contributed by atoms with Crippen molar-refractivity contribution in [1.29, 1.82) is 0 Å². The summed E-state index contributed by atoms with van der Waals surface area (Å²) in [6.45, 7) is 10.9. The summed E-state index contributed by atoms with van der Waals surface area (Å²) in [6, 6.07) is 0. The Bertz CT molecular complexity index is 200. The molecule has 0 rings (SSSR count). The van der Waals surface area contributed by atoms with Gasteiger partial charge in [-0.05, 0) is 20.0 Å². The van der Waals surface area contributed by atoms with E-state index in [1.54, 1.807) is 6.92 Å². The molecular weight excluding hydrogens is 182 g/mol. The summed E-state index contributed by atoms with van der Waals surface area (Å²) in [4.78, 5) is 13.0. The van der Waals surface area contributed by atoms with Crippen LogP contribution in [-0.4, -0.2) is 41.9 Å². The van der Waals surface area contributed by atoms with Crippen LogP contribution in [0.1, 0.15) is 20.8 Å². The lowest BCUT2D eigenvalue weighted by molar-refractivity contribution is -0.165. The van der Waals surface area contributed by atoms with E-state index in [1.807, 2.05) is 18.7 Å². The van der Waals surface area contributed by atoms with Crippen LogP contribution in [0.15, 0.2) is 12.2 Å². The summed E-state index contributed by atoms with van der Waals surface area (Å²) in [5.74, 6) is -0.551. The molecule has 0 bridgehead atoms. The lowest BCUT2D eigenvalue weighted by Crippen LogP contribution is -2.34. The first-order valence-electron chi connectivity index (χ1n) is 4.78. The van der Waals surface area contributed by atoms with Crippen molar-refractivity contribution in [1.82, 2.24) is 4.90 Å². The zero-order chi connectivity index (χ0) is 11.1. The van der Waals surface area contributed by atoms with Crippen LogP contribution >= 0.6 is 0 Å². The zero-order valence-electron chi connectivity index (χ0n) is 9.12. The van der Waals surface area contributed by atoms with E-state index in [0.29, 0.717) is 12.1 Å². The van der Waals surface area contributed by atoms with E-state index in [-0.39, 0.29) is 0 Å². The Balaban J connectivity index is 3.90. The maximum absolute atomic E-state index is 11.0. The molecule has 0 fully saturated rings. The standard InChI is InChI=1S/C10H19NO3/c1-5-11(6-2)7-9(12)14-10(13)8(3)4/h9,12H,3,5-7H2,1-2,4H3. The Morgan fingerprint density at radius 3 is 2.36 bits per heavy atom. The number of hydrogen-bond acceptors (Lipinski definition) is 4. The van der Waals surface area contributed by atoms with Crippen molar-refractivity contribution in [3.8, 4) is 0 Å². The molecule has 0 aliphatic carbocycles. The number of nitrogens with zero attached hydrogens (tertiary/aromatic N) is 1. The average Bonchev–Trinajstić information content (AvgIpc) is 2.13. The van der Waals surface area contributed by atoms with Crippen LogP contribution in [0.2, 0.25) is 0 Å². The van der Waals surface area contributed by atoms with Gasteiger partial charge in [0.25, 0.3) is 0 Å². The molecule has 0 radical (unpaired) electrons. The maximum atomic E-state index is 11.0. The maximum Gasteiger partial charge on any atom is 0.335 e. The minimum absolute atomic E-state index is 0.295. The molecule has 82 valence electrons. The van der Waals surface area contributed by atoms with Gasteiger partial charge in [-0.1, -0.05) is 20.4 Å². The fourth-order valence-electron chi connectivity index (χ4n) is 0.964. The quantitative estimate of drug-likeness (QED) is 0.392. The van der Waals surface area contributed by atoms with E-state index in [2.05, 4.69) is 6.58 Å². The molecule has 1 N–H and O–H groups in total. The first-order chi connectivity index (χ1) is 6.51. The van der Waals surface area contributed by atoms with Crippen molar-refractivity contribution >= 4 is 5.97 Å². The van der Waals surface area contributed by atoms with E-state index in [4.69, 9.17) is 4.74 Å². The summed E-state index contributed by atoms with van der Waals surface area (Å²) in [5, 5.41) is 9.38. The normalized spacial score (nSPS) is 12.6. The van der Waals surface area contributed by atoms with Crippen molar-refractivity contribution in [3.05, 3.63) is 12.2 Å². The van der Waals surface area contributed by atoms with Crippen LogP contribution in [0.25, 0.3) is 0 Å². The summed E-state index contributed by atoms with van der Waals surface area (Å²) in [7, 11) is 0. The highest BCUT2D eigenvalue weighted by Gasteiger charge is 2.13. The molecule has 1 atom stereocenters. The number of esters is 1. The van der Waals surface area contributed by atoms with Gasteiger partial charge in [0.2, 0.25) is 6.29 Å². The highest BCUT2D eigenvalue weighted by Crippen LogP contribution is 1.99. The van der Waals surface area contributed by atoms with Crippen molar-refractivity contribution in [2.75, 3.05) is 19.6 Å². The Morgan fingerprint density at radius 2 is 2.00 bits per heavy atom. The molecule has 14 heavy (non-hydrogen) atoms. The molecule has 0 amide bonds. The van der Waals surface area contributed by atoms with Crippen LogP contribution in [-0.2, 0) is 9.53 Å². The molecule has 4 heteroatoms. The van der Waals surface area contributed by atoms with Gasteiger partial charge in [-0.25, -0.2) is 4.79 Å². The Labute approximate surface area is 85.2 Å². The molecule has 0 aromatic rings. The van der Waals surface area contributed by atoms with Crippen LogP contribution < -0.4 is 0 Å². The third-order valence-corrected chi connectivity index (χ3v) is 1.90. The van der Waals surface area contributed by atoms with Gasteiger partial charge in [-0.3, -0.25) is 4.90 Å². The van der Waals surface area contributed by atoms with Gasteiger partial charge in [-0.2, -0.15) is 0 Å². The first-order valence-corrected chi connectivity index (χ1v) is 4.78. The second-order valence-electron chi connectivity index (χ2n) is 3.13. The van der Waals surface area contributed by atoms with Gasteiger partial charge in [0, 0.05) is 5.57 Å². The SMILES string of the molecule is C=C(C)C(=O)OC(O)CN(CC)CC. The number of ether oxygens (including phenoxy) is 1. The van der Waals surface area contributed by atoms with E-state index >= 15 is 0 Å². The lowest BCUT2D eigenvalue weighted by Gasteiger charge is -2.21. The topological polar surface area (TPSA) is 49.8 Å². The molecule has 0 saturated heterocycles. The van der Waals surface area contributed by atoms with Gasteiger partial charge >= 0.3 is 5.97 Å². The van der Waals surface area contributed by atoms with E-state index in [1.165, 1.54) is 0 Å². The second-order valence-corrected chi connectivity index (χ2v) is 3.13. The molecule has 0 aliphatic heterocycles. The number of likely N-dealkylation sites (N-methyl/N-ethyl adjacent to an activating group) is 1. The highest BCUT2D eigenvalue weighted by atomic mass is 16.6. The molecule has 0 aromatic heterocycles. The van der Waals surface area contributed by atoms with E-state index in [0.717, 1.165) is 13.1 Å². The van der Waals surface area contributed by atoms with E-state index < -0.39 is 12.3 Å². The van der Waals surface area contributed by atoms with Crippen molar-refractivity contribution in [2.45, 2.75) is 27.1 Å². The van der Waals surface area contributed by atoms with Crippen molar-refractivity contribution < 1.29 is 14.6 Å². The minimum Gasteiger partial charge on any atom is -0.431 e. The number of carbonyl (C=O) groups excluding carboxylic acids is 1. The predicted octanol–water partition coefficient (Wildman–Crippen LogP) is 0.766. The van der Waals surface area contributed by atoms with Crippen LogP contribution in [0.4, 0.5) is 0 Å². The van der Waals surface area contributed by atoms with Crippen molar-refractivity contribution in [2.24, 2.45) is 0 Å². The fraction of sp³-hybridized carbons (Fsp3) is 0.700. The lowest BCUT2D eigenvalue weighted by atomic mass is 10.4. The molecular formula is C10H19NO3. The van der Waals surface area contributed by atoms with E-state index in [9.17, 15) is 9.90 Å². The summed E-state index contributed by atoms with van der Waals surface area (Å²) in [5.41, 5.74) is 0.295. The number of aliphatic hydroxyl groups excluding tert-OH is 1. The molecule has 0 aromatic carbocycles. The Morgan fingerprint density at radius 1 is 1.50 bits per heavy atom. The van der Waals surface area contributed by atoms with Crippen LogP contribution in [0, 0.1) is 0 Å². The number of carbonyl (C=O) groups is 1. The van der Waals surface area contributed by atoms with Gasteiger partial charge in [-0.15, -0.1) is 0 Å². The number of hydrogen-bond donors (Lipinski definition) is 1. The van der Waals surface area contributed by atoms with Gasteiger partial charge < -0.3 is 9.84 Å². The smallest absolute Gasteiger partial charge is 0.335 e. The molecule has 0 heterocycles. The largest absolute Gasteiger partial charge is 0.431 e. The van der Waals surface area contributed by atoms with Gasteiger partial charge in [0.15, 0.2) is 0 Å². The second kappa shape index (κ2) is 6.56. The van der Waals surface area contributed by atoms with Gasteiger partial charge in [0.1, 0.15) is 0 Å². The molecule has 0 spiro atoms. The summed E-state index contributed by atoms with van der Waals surface area (Å²) in [6.07, 6.45) is -1.07. The summed E-state index contributed by atoms with van der Waals surface area (Å²) >= 11 is 0. The molecule has 4 nitrogen and oxygen atoms in total. The molecule has 0 aliphatic rings. The average molecular weight is 201 g/mol. The zero-order valence-corrected chi connectivity index (χ0v) is 9.12. The predicted molar refractivity (Wildman–Crippen MR) is 54.7 cm³/mol. The van der Waals surface area contributed by atoms with Crippen LogP contribution in [0.3, 0.4) is 0 Å². The Hall–Kier alpha value is -0.870. The van der Waals surface area contributed by atoms with Gasteiger partial charge in [0.05, 0.1) is 6.54 Å². The Kier molecular flexibility index (Phi) is 6.16. The third-order valence-electron chi connectivity index (χ3n) is 1.90. The molecule has 1 unspecified atom stereocenters. The van der Waals surface area contributed by atoms with Crippen molar-refractivity contribution in [3.63, 3.8) is 0 Å². The minimum atomic E-state index is -1.07. The fourth-order valence-corrected chi connectivity index (χ4v) is 0.964. The monoisotopic (exact) mass is 201 g/mol. The number of rotatable bonds is 6. The third kappa shape index (κ3) is 4.99. The van der Waals surface area contributed by atoms with Crippen LogP contribution in [0.5, 0.6) is 0 Å². The number of aliphatic hydroxyl groups is 1. The highest BCUT2D eigenvalue weighted by molar-refractivity contribution is 5.86. The first kappa shape index (κ1) is 13.1.